The molecule has 0 aliphatic carbocycles. The van der Waals surface area contributed by atoms with Crippen LogP contribution in [0.5, 0.6) is 0 Å². The average Bonchev–Trinajstić information content (AvgIpc) is 3.41. The fourth-order valence-electron chi connectivity index (χ4n) is 3.75. The zero-order valence-electron chi connectivity index (χ0n) is 20.3. The number of aryl methyl sites for hydroxylation is 1. The highest BCUT2D eigenvalue weighted by Crippen LogP contribution is 2.24. The van der Waals surface area contributed by atoms with E-state index in [2.05, 4.69) is 39.9 Å². The normalized spacial score (nSPS) is 12.0. The highest BCUT2D eigenvalue weighted by molar-refractivity contribution is 8.00. The summed E-state index contributed by atoms with van der Waals surface area (Å²) >= 11 is 1.24. The number of unbranched alkanes of at least 4 members (excludes halogenated alkanes) is 1. The number of rotatable bonds is 9. The Kier molecular flexibility index (Phi) is 7.50. The Labute approximate surface area is 208 Å². The Hall–Kier alpha value is -3.66. The minimum absolute atomic E-state index is 0.260. The van der Waals surface area contributed by atoms with Crippen LogP contribution in [0.4, 0.5) is 5.69 Å². The van der Waals surface area contributed by atoms with Gasteiger partial charge in [-0.2, -0.15) is 4.68 Å². The van der Waals surface area contributed by atoms with Crippen molar-refractivity contribution in [3.8, 4) is 11.4 Å². The van der Waals surface area contributed by atoms with E-state index in [4.69, 9.17) is 0 Å². The van der Waals surface area contributed by atoms with Crippen molar-refractivity contribution in [2.24, 2.45) is 7.05 Å². The molecule has 0 spiro atoms. The van der Waals surface area contributed by atoms with Crippen LogP contribution in [-0.2, 0) is 18.3 Å². The maximum atomic E-state index is 13.1. The number of carbonyl (C=O) groups is 1. The van der Waals surface area contributed by atoms with Crippen LogP contribution < -0.4 is 10.9 Å². The Bertz CT molecular complexity index is 1360. The fraction of sp³-hybridized carbons (Fsp3) is 0.320. The number of nitrogens with one attached hydrogen (secondary N) is 1. The number of benzene rings is 2. The lowest BCUT2D eigenvalue weighted by Crippen LogP contribution is -2.27. The van der Waals surface area contributed by atoms with Crippen LogP contribution in [0.15, 0.2) is 64.5 Å². The molecule has 0 aliphatic heterocycles. The minimum Gasteiger partial charge on any atom is -0.319 e. The largest absolute Gasteiger partial charge is 0.319 e. The number of amides is 1. The van der Waals surface area contributed by atoms with Gasteiger partial charge < -0.3 is 5.32 Å². The van der Waals surface area contributed by atoms with Gasteiger partial charge in [-0.25, -0.2) is 4.68 Å². The van der Waals surface area contributed by atoms with Crippen molar-refractivity contribution in [3.05, 3.63) is 76.2 Å². The maximum absolute atomic E-state index is 13.1. The van der Waals surface area contributed by atoms with Gasteiger partial charge in [0.15, 0.2) is 0 Å². The lowest BCUT2D eigenvalue weighted by Gasteiger charge is -2.11. The molecule has 0 saturated heterocycles. The van der Waals surface area contributed by atoms with Crippen LogP contribution in [-0.4, -0.2) is 40.7 Å². The quantitative estimate of drug-likeness (QED) is 0.356. The van der Waals surface area contributed by atoms with Crippen molar-refractivity contribution in [1.82, 2.24) is 29.6 Å². The van der Waals surface area contributed by atoms with Gasteiger partial charge in [0.25, 0.3) is 5.56 Å². The highest BCUT2D eigenvalue weighted by Gasteiger charge is 2.23. The first-order chi connectivity index (χ1) is 16.9. The second-order valence-corrected chi connectivity index (χ2v) is 9.64. The summed E-state index contributed by atoms with van der Waals surface area (Å²) in [6, 6.07) is 17.4. The van der Waals surface area contributed by atoms with Crippen molar-refractivity contribution in [1.29, 1.82) is 0 Å². The third kappa shape index (κ3) is 5.22. The molecule has 9 nitrogen and oxygen atoms in total. The molecule has 1 atom stereocenters. The Morgan fingerprint density at radius 1 is 1.09 bits per heavy atom. The van der Waals surface area contributed by atoms with Crippen LogP contribution in [0, 0.1) is 6.92 Å². The molecule has 0 bridgehead atoms. The zero-order chi connectivity index (χ0) is 24.9. The van der Waals surface area contributed by atoms with Gasteiger partial charge in [-0.3, -0.25) is 14.3 Å². The van der Waals surface area contributed by atoms with E-state index in [1.807, 2.05) is 42.5 Å². The second-order valence-electron chi connectivity index (χ2n) is 8.33. The number of thioether (sulfide) groups is 1. The molecule has 35 heavy (non-hydrogen) atoms. The number of nitrogens with zero attached hydrogens (tertiary/aromatic N) is 6. The van der Waals surface area contributed by atoms with Gasteiger partial charge in [0, 0.05) is 7.05 Å². The molecule has 2 aromatic carbocycles. The van der Waals surface area contributed by atoms with Gasteiger partial charge in [0.1, 0.15) is 5.69 Å². The molecule has 2 aromatic heterocycles. The molecule has 4 aromatic rings. The van der Waals surface area contributed by atoms with E-state index in [-0.39, 0.29) is 17.2 Å². The van der Waals surface area contributed by atoms with E-state index >= 15 is 0 Å². The summed E-state index contributed by atoms with van der Waals surface area (Å²) in [6.07, 6.45) is 3.34. The van der Waals surface area contributed by atoms with Gasteiger partial charge in [0.2, 0.25) is 11.1 Å². The average molecular weight is 492 g/mol. The predicted octanol–water partition coefficient (Wildman–Crippen LogP) is 3.92. The SMILES string of the molecule is CCCCc1ccc(-n2nnnc2SC(C)C(=O)Nc2c(C)n(C)n(-c3ccccc3)c2=O)cc1. The molecule has 1 amide bonds. The van der Waals surface area contributed by atoms with Crippen molar-refractivity contribution >= 4 is 23.4 Å². The monoisotopic (exact) mass is 491 g/mol. The first kappa shape index (κ1) is 24.5. The number of anilines is 1. The lowest BCUT2D eigenvalue weighted by molar-refractivity contribution is -0.115. The number of aromatic nitrogens is 6. The molecule has 4 rings (SSSR count). The number of tetrazole rings is 1. The van der Waals surface area contributed by atoms with E-state index in [9.17, 15) is 9.59 Å². The smallest absolute Gasteiger partial charge is 0.295 e. The van der Waals surface area contributed by atoms with Crippen LogP contribution in [0.1, 0.15) is 37.9 Å². The molecular weight excluding hydrogens is 462 g/mol. The predicted molar refractivity (Wildman–Crippen MR) is 137 cm³/mol. The summed E-state index contributed by atoms with van der Waals surface area (Å²) in [5, 5.41) is 14.8. The van der Waals surface area contributed by atoms with E-state index in [1.54, 1.807) is 30.3 Å². The first-order valence-electron chi connectivity index (χ1n) is 11.6. The molecule has 2 heterocycles. The molecule has 0 saturated carbocycles. The van der Waals surface area contributed by atoms with Gasteiger partial charge >= 0.3 is 0 Å². The van der Waals surface area contributed by atoms with Crippen molar-refractivity contribution in [2.75, 3.05) is 5.32 Å². The summed E-state index contributed by atoms with van der Waals surface area (Å²) in [7, 11) is 1.79. The Morgan fingerprint density at radius 3 is 2.49 bits per heavy atom. The van der Waals surface area contributed by atoms with Gasteiger partial charge in [0.05, 0.1) is 22.3 Å². The third-order valence-corrected chi connectivity index (χ3v) is 6.93. The highest BCUT2D eigenvalue weighted by atomic mass is 32.2. The van der Waals surface area contributed by atoms with E-state index < -0.39 is 5.25 Å². The summed E-state index contributed by atoms with van der Waals surface area (Å²) in [4.78, 5) is 26.1. The standard InChI is InChI=1S/C25H29N7O2S/c1-5-6-10-19-13-15-20(16-14-19)31-25(27-28-29-31)35-18(3)23(33)26-22-17(2)30(4)32(24(22)34)21-11-8-7-9-12-21/h7-9,11-16,18H,5-6,10H2,1-4H3,(H,26,33). The molecule has 182 valence electrons. The minimum atomic E-state index is -0.534. The van der Waals surface area contributed by atoms with Crippen molar-refractivity contribution in [3.63, 3.8) is 0 Å². The summed E-state index contributed by atoms with van der Waals surface area (Å²) in [6.45, 7) is 5.74. The summed E-state index contributed by atoms with van der Waals surface area (Å²) in [5.41, 5.74) is 3.47. The molecule has 1 unspecified atom stereocenters. The first-order valence-corrected chi connectivity index (χ1v) is 12.5. The van der Waals surface area contributed by atoms with Gasteiger partial charge in [-0.05, 0) is 66.9 Å². The lowest BCUT2D eigenvalue weighted by atomic mass is 10.1. The topological polar surface area (TPSA) is 99.6 Å². The number of carbonyl (C=O) groups excluding carboxylic acids is 1. The fourth-order valence-corrected chi connectivity index (χ4v) is 4.56. The molecule has 10 heteroatoms. The zero-order valence-corrected chi connectivity index (χ0v) is 21.1. The molecule has 0 fully saturated rings. The number of hydrogen-bond donors (Lipinski definition) is 1. The van der Waals surface area contributed by atoms with Crippen LogP contribution in [0.3, 0.4) is 0 Å². The summed E-state index contributed by atoms with van der Waals surface area (Å²) < 4.78 is 4.89. The van der Waals surface area contributed by atoms with Crippen LogP contribution >= 0.6 is 11.8 Å². The van der Waals surface area contributed by atoms with Crippen molar-refractivity contribution in [2.45, 2.75) is 50.4 Å². The van der Waals surface area contributed by atoms with Gasteiger partial charge in [-0.1, -0.05) is 55.4 Å². The number of hydrogen-bond acceptors (Lipinski definition) is 6. The van der Waals surface area contributed by atoms with Crippen LogP contribution in [0.2, 0.25) is 0 Å². The Morgan fingerprint density at radius 2 is 1.80 bits per heavy atom. The number of para-hydroxylation sites is 1. The van der Waals surface area contributed by atoms with E-state index in [0.717, 1.165) is 30.6 Å². The van der Waals surface area contributed by atoms with Gasteiger partial charge in [-0.15, -0.1) is 5.10 Å². The van der Waals surface area contributed by atoms with Crippen LogP contribution in [0.25, 0.3) is 11.4 Å². The summed E-state index contributed by atoms with van der Waals surface area (Å²) in [5.74, 6) is -0.300. The van der Waals surface area contributed by atoms with E-state index in [1.165, 1.54) is 22.0 Å². The second kappa shape index (κ2) is 10.7. The third-order valence-electron chi connectivity index (χ3n) is 5.89. The maximum Gasteiger partial charge on any atom is 0.295 e. The molecule has 0 radical (unpaired) electrons. The molecular formula is C25H29N7O2S. The Balaban J connectivity index is 1.49. The van der Waals surface area contributed by atoms with E-state index in [0.29, 0.717) is 10.9 Å². The van der Waals surface area contributed by atoms with Crippen molar-refractivity contribution < 1.29 is 4.79 Å². The molecule has 1 N–H and O–H groups in total. The molecule has 0 aliphatic rings.